The minimum Gasteiger partial charge on any atom is -0.339 e. The van der Waals surface area contributed by atoms with E-state index in [1.165, 1.54) is 0 Å². The van der Waals surface area contributed by atoms with Crippen LogP contribution in [-0.2, 0) is 17.0 Å². The van der Waals surface area contributed by atoms with E-state index in [1.807, 2.05) is 54.8 Å². The van der Waals surface area contributed by atoms with E-state index in [0.29, 0.717) is 34.6 Å². The number of thioether (sulfide) groups is 1. The molecule has 0 atom stereocenters. The molecule has 2 aromatic heterocycles. The first-order valence-electron chi connectivity index (χ1n) is 9.58. The van der Waals surface area contributed by atoms with Crippen LogP contribution in [0.25, 0.3) is 11.3 Å². The molecule has 4 aromatic rings. The van der Waals surface area contributed by atoms with Crippen LogP contribution in [0.1, 0.15) is 23.7 Å². The number of carbonyl (C=O) groups excluding carboxylic acids is 1. The molecule has 4 rings (SSSR count). The molecular formula is C22H19ClN4O2S2. The predicted octanol–water partition coefficient (Wildman–Crippen LogP) is 6.02. The van der Waals surface area contributed by atoms with Gasteiger partial charge in [0.1, 0.15) is 0 Å². The molecule has 0 aliphatic rings. The lowest BCUT2D eigenvalue weighted by Gasteiger charge is -2.06. The molecule has 158 valence electrons. The second-order valence-electron chi connectivity index (χ2n) is 6.77. The molecule has 0 saturated carbocycles. The Kier molecular flexibility index (Phi) is 7.01. The summed E-state index contributed by atoms with van der Waals surface area (Å²) in [6, 6.07) is 15.5. The van der Waals surface area contributed by atoms with Crippen molar-refractivity contribution >= 4 is 46.3 Å². The Morgan fingerprint density at radius 2 is 2.03 bits per heavy atom. The average molecular weight is 471 g/mol. The van der Waals surface area contributed by atoms with E-state index < -0.39 is 0 Å². The molecule has 6 nitrogen and oxygen atoms in total. The van der Waals surface area contributed by atoms with Crippen molar-refractivity contribution in [2.45, 2.75) is 29.9 Å². The summed E-state index contributed by atoms with van der Waals surface area (Å²) in [4.78, 5) is 21.2. The van der Waals surface area contributed by atoms with Gasteiger partial charge in [-0.05, 0) is 24.6 Å². The number of nitrogens with zero attached hydrogens (tertiary/aromatic N) is 3. The van der Waals surface area contributed by atoms with E-state index in [4.69, 9.17) is 16.1 Å². The van der Waals surface area contributed by atoms with E-state index in [-0.39, 0.29) is 12.3 Å². The van der Waals surface area contributed by atoms with E-state index in [9.17, 15) is 4.79 Å². The van der Waals surface area contributed by atoms with Crippen molar-refractivity contribution in [2.75, 3.05) is 5.32 Å². The van der Waals surface area contributed by atoms with Gasteiger partial charge in [-0.25, -0.2) is 4.98 Å². The molecule has 0 aliphatic heterocycles. The highest BCUT2D eigenvalue weighted by molar-refractivity contribution is 8.00. The van der Waals surface area contributed by atoms with Crippen LogP contribution in [0.3, 0.4) is 0 Å². The van der Waals surface area contributed by atoms with Crippen molar-refractivity contribution in [1.82, 2.24) is 15.1 Å². The standard InChI is InChI=1S/C22H19ClN4O2S2/c1-14-7-8-16(11-17(14)23)24-20(28)9-10-21-26-19(27-29-21)13-31-22-25-18(12-30-22)15-5-3-2-4-6-15/h2-8,11-12H,9-10,13H2,1H3,(H,24,28). The number of rotatable bonds is 8. The summed E-state index contributed by atoms with van der Waals surface area (Å²) in [6.45, 7) is 1.91. The molecule has 0 unspecified atom stereocenters. The zero-order valence-electron chi connectivity index (χ0n) is 16.7. The zero-order chi connectivity index (χ0) is 21.6. The van der Waals surface area contributed by atoms with Crippen LogP contribution in [0.15, 0.2) is 62.8 Å². The molecule has 0 spiro atoms. The molecule has 0 saturated heterocycles. The molecule has 0 fully saturated rings. The Labute approximate surface area is 193 Å². The van der Waals surface area contributed by atoms with Crippen LogP contribution in [0.4, 0.5) is 5.69 Å². The van der Waals surface area contributed by atoms with Gasteiger partial charge in [-0.15, -0.1) is 11.3 Å². The summed E-state index contributed by atoms with van der Waals surface area (Å²) in [5.74, 6) is 1.45. The molecule has 2 aromatic carbocycles. The van der Waals surface area contributed by atoms with Gasteiger partial charge in [-0.2, -0.15) is 4.98 Å². The Morgan fingerprint density at radius 1 is 1.19 bits per heavy atom. The normalized spacial score (nSPS) is 10.9. The smallest absolute Gasteiger partial charge is 0.227 e. The van der Waals surface area contributed by atoms with E-state index >= 15 is 0 Å². The highest BCUT2D eigenvalue weighted by Crippen LogP contribution is 2.29. The molecule has 9 heteroatoms. The lowest BCUT2D eigenvalue weighted by molar-refractivity contribution is -0.116. The highest BCUT2D eigenvalue weighted by atomic mass is 35.5. The van der Waals surface area contributed by atoms with Crippen LogP contribution in [-0.4, -0.2) is 21.0 Å². The fourth-order valence-electron chi connectivity index (χ4n) is 2.76. The lowest BCUT2D eigenvalue weighted by Crippen LogP contribution is -2.12. The van der Waals surface area contributed by atoms with Crippen molar-refractivity contribution in [3.8, 4) is 11.3 Å². The van der Waals surface area contributed by atoms with Gasteiger partial charge in [0.05, 0.1) is 11.4 Å². The van der Waals surface area contributed by atoms with Crippen LogP contribution in [0.5, 0.6) is 0 Å². The topological polar surface area (TPSA) is 80.9 Å². The number of nitrogens with one attached hydrogen (secondary N) is 1. The van der Waals surface area contributed by atoms with Crippen molar-refractivity contribution in [2.24, 2.45) is 0 Å². The number of hydrogen-bond donors (Lipinski definition) is 1. The minimum absolute atomic E-state index is 0.134. The minimum atomic E-state index is -0.134. The third-order valence-electron chi connectivity index (χ3n) is 4.41. The fourth-order valence-corrected chi connectivity index (χ4v) is 4.62. The van der Waals surface area contributed by atoms with Crippen molar-refractivity contribution in [1.29, 1.82) is 0 Å². The zero-order valence-corrected chi connectivity index (χ0v) is 19.1. The fraction of sp³-hybridized carbons (Fsp3) is 0.182. The van der Waals surface area contributed by atoms with Gasteiger partial charge in [-0.3, -0.25) is 4.79 Å². The number of hydrogen-bond acceptors (Lipinski definition) is 7. The summed E-state index contributed by atoms with van der Waals surface area (Å²) in [5.41, 5.74) is 3.69. The average Bonchev–Trinajstić information content (AvgIpc) is 3.44. The number of anilines is 1. The van der Waals surface area contributed by atoms with Gasteiger partial charge < -0.3 is 9.84 Å². The molecule has 1 amide bonds. The van der Waals surface area contributed by atoms with Gasteiger partial charge in [-0.1, -0.05) is 64.9 Å². The van der Waals surface area contributed by atoms with Gasteiger partial charge in [0.25, 0.3) is 0 Å². The first kappa shape index (κ1) is 21.5. The van der Waals surface area contributed by atoms with Gasteiger partial charge in [0, 0.05) is 34.5 Å². The summed E-state index contributed by atoms with van der Waals surface area (Å²) in [7, 11) is 0. The lowest BCUT2D eigenvalue weighted by atomic mass is 10.2. The number of thiazole rings is 1. The van der Waals surface area contributed by atoms with Gasteiger partial charge in [0.15, 0.2) is 10.2 Å². The number of amides is 1. The molecule has 0 bridgehead atoms. The number of benzene rings is 2. The Morgan fingerprint density at radius 3 is 2.84 bits per heavy atom. The summed E-state index contributed by atoms with van der Waals surface area (Å²) in [5, 5.41) is 9.48. The molecular weight excluding hydrogens is 452 g/mol. The molecule has 2 heterocycles. The molecule has 0 radical (unpaired) electrons. The largest absolute Gasteiger partial charge is 0.339 e. The number of aryl methyl sites for hydroxylation is 2. The van der Waals surface area contributed by atoms with Crippen LogP contribution >= 0.6 is 34.7 Å². The SMILES string of the molecule is Cc1ccc(NC(=O)CCc2nc(CSc3nc(-c4ccccc4)cs3)no2)cc1Cl. The Hall–Kier alpha value is -2.68. The van der Waals surface area contributed by atoms with E-state index in [0.717, 1.165) is 21.2 Å². The monoisotopic (exact) mass is 470 g/mol. The molecule has 1 N–H and O–H groups in total. The maximum Gasteiger partial charge on any atom is 0.227 e. The summed E-state index contributed by atoms with van der Waals surface area (Å²) >= 11 is 9.24. The number of aromatic nitrogens is 3. The first-order chi connectivity index (χ1) is 15.1. The quantitative estimate of drug-likeness (QED) is 0.317. The van der Waals surface area contributed by atoms with Crippen LogP contribution < -0.4 is 5.32 Å². The van der Waals surface area contributed by atoms with Crippen molar-refractivity contribution < 1.29 is 9.32 Å². The first-order valence-corrected chi connectivity index (χ1v) is 11.8. The number of halogens is 1. The maximum atomic E-state index is 12.2. The van der Waals surface area contributed by atoms with E-state index in [1.54, 1.807) is 29.2 Å². The Balaban J connectivity index is 1.25. The number of carbonyl (C=O) groups is 1. The maximum absolute atomic E-state index is 12.2. The summed E-state index contributed by atoms with van der Waals surface area (Å²) < 4.78 is 6.22. The van der Waals surface area contributed by atoms with Crippen molar-refractivity contribution in [3.05, 3.63) is 76.2 Å². The molecule has 31 heavy (non-hydrogen) atoms. The predicted molar refractivity (Wildman–Crippen MR) is 125 cm³/mol. The van der Waals surface area contributed by atoms with Gasteiger partial charge >= 0.3 is 0 Å². The molecule has 0 aliphatic carbocycles. The van der Waals surface area contributed by atoms with Crippen LogP contribution in [0, 0.1) is 6.92 Å². The second-order valence-corrected chi connectivity index (χ2v) is 9.26. The highest BCUT2D eigenvalue weighted by Gasteiger charge is 2.12. The summed E-state index contributed by atoms with van der Waals surface area (Å²) in [6.07, 6.45) is 0.617. The van der Waals surface area contributed by atoms with Crippen LogP contribution in [0.2, 0.25) is 5.02 Å². The van der Waals surface area contributed by atoms with Gasteiger partial charge in [0.2, 0.25) is 11.8 Å². The van der Waals surface area contributed by atoms with E-state index in [2.05, 4.69) is 20.4 Å². The Bertz CT molecular complexity index is 1180. The van der Waals surface area contributed by atoms with Crippen molar-refractivity contribution in [3.63, 3.8) is 0 Å². The third kappa shape index (κ3) is 5.94. The third-order valence-corrected chi connectivity index (χ3v) is 6.83. The second kappa shape index (κ2) is 10.1.